The summed E-state index contributed by atoms with van der Waals surface area (Å²) in [5.41, 5.74) is 0. The van der Waals surface area contributed by atoms with Gasteiger partial charge in [0.2, 0.25) is 10.0 Å². The Morgan fingerprint density at radius 1 is 1.73 bits per heavy atom. The van der Waals surface area contributed by atoms with Crippen LogP contribution in [0.15, 0.2) is 12.7 Å². The standard InChI is InChI=1S/C6H13NO3S/c1-3-4-11(9,10)7-5-6(2)8/h3,6-8H,1,4-5H2,2H3. The van der Waals surface area contributed by atoms with Crippen LogP contribution >= 0.6 is 0 Å². The van der Waals surface area contributed by atoms with Crippen molar-refractivity contribution in [1.82, 2.24) is 4.72 Å². The van der Waals surface area contributed by atoms with Gasteiger partial charge in [0, 0.05) is 6.54 Å². The summed E-state index contributed by atoms with van der Waals surface area (Å²) < 4.78 is 23.9. The van der Waals surface area contributed by atoms with Gasteiger partial charge in [-0.3, -0.25) is 0 Å². The Kier molecular flexibility index (Phi) is 4.32. The van der Waals surface area contributed by atoms with E-state index in [1.54, 1.807) is 0 Å². The minimum atomic E-state index is -3.25. The summed E-state index contributed by atoms with van der Waals surface area (Å²) >= 11 is 0. The average molecular weight is 179 g/mol. The molecule has 0 spiro atoms. The molecule has 5 heteroatoms. The normalized spacial score (nSPS) is 14.4. The quantitative estimate of drug-likeness (QED) is 0.558. The van der Waals surface area contributed by atoms with Gasteiger partial charge in [-0.15, -0.1) is 6.58 Å². The van der Waals surface area contributed by atoms with Gasteiger partial charge in [0.25, 0.3) is 0 Å². The number of nitrogens with one attached hydrogen (secondary N) is 1. The summed E-state index contributed by atoms with van der Waals surface area (Å²) in [5, 5.41) is 8.73. The highest BCUT2D eigenvalue weighted by Crippen LogP contribution is 1.85. The zero-order valence-corrected chi connectivity index (χ0v) is 7.26. The predicted octanol–water partition coefficient (Wildman–Crippen LogP) is -0.527. The zero-order chi connectivity index (χ0) is 8.91. The van der Waals surface area contributed by atoms with Crippen LogP contribution in [0.4, 0.5) is 0 Å². The first-order chi connectivity index (χ1) is 4.98. The molecule has 0 aromatic rings. The maximum atomic E-state index is 10.8. The van der Waals surface area contributed by atoms with Gasteiger partial charge >= 0.3 is 0 Å². The monoisotopic (exact) mass is 179 g/mol. The lowest BCUT2D eigenvalue weighted by Crippen LogP contribution is -2.31. The molecule has 66 valence electrons. The molecule has 0 rings (SSSR count). The van der Waals surface area contributed by atoms with Crippen LogP contribution < -0.4 is 4.72 Å². The maximum Gasteiger partial charge on any atom is 0.215 e. The minimum Gasteiger partial charge on any atom is -0.392 e. The number of aliphatic hydroxyl groups excluding tert-OH is 1. The number of rotatable bonds is 5. The molecule has 0 radical (unpaired) electrons. The molecule has 4 nitrogen and oxygen atoms in total. The molecule has 0 aromatic heterocycles. The second-order valence-corrected chi connectivity index (χ2v) is 4.12. The Morgan fingerprint density at radius 3 is 2.64 bits per heavy atom. The topological polar surface area (TPSA) is 66.4 Å². The molecule has 0 bridgehead atoms. The molecule has 0 aromatic carbocycles. The third kappa shape index (κ3) is 6.03. The predicted molar refractivity (Wildman–Crippen MR) is 43.7 cm³/mol. The Morgan fingerprint density at radius 2 is 2.27 bits per heavy atom. The van der Waals surface area contributed by atoms with Crippen molar-refractivity contribution < 1.29 is 13.5 Å². The molecule has 1 atom stereocenters. The van der Waals surface area contributed by atoms with Crippen LogP contribution in [0.5, 0.6) is 0 Å². The SMILES string of the molecule is C=CCS(=O)(=O)NCC(C)O. The number of sulfonamides is 1. The summed E-state index contributed by atoms with van der Waals surface area (Å²) in [6.07, 6.45) is 0.638. The van der Waals surface area contributed by atoms with Crippen LogP contribution in [0.25, 0.3) is 0 Å². The van der Waals surface area contributed by atoms with E-state index in [1.807, 2.05) is 0 Å². The third-order valence-electron chi connectivity index (χ3n) is 0.936. The van der Waals surface area contributed by atoms with Crippen molar-refractivity contribution in [1.29, 1.82) is 0 Å². The first kappa shape index (κ1) is 10.6. The molecular weight excluding hydrogens is 166 g/mol. The molecule has 2 N–H and O–H groups in total. The van der Waals surface area contributed by atoms with Gasteiger partial charge in [-0.05, 0) is 6.92 Å². The molecule has 0 aliphatic heterocycles. The fourth-order valence-electron chi connectivity index (χ4n) is 0.462. The lowest BCUT2D eigenvalue weighted by molar-refractivity contribution is 0.198. The highest BCUT2D eigenvalue weighted by molar-refractivity contribution is 7.89. The average Bonchev–Trinajstić information content (AvgIpc) is 1.84. The highest BCUT2D eigenvalue weighted by Gasteiger charge is 2.07. The van der Waals surface area contributed by atoms with Crippen LogP contribution in [0, 0.1) is 0 Å². The van der Waals surface area contributed by atoms with Crippen LogP contribution in [0.1, 0.15) is 6.92 Å². The van der Waals surface area contributed by atoms with Crippen LogP contribution in [0.2, 0.25) is 0 Å². The van der Waals surface area contributed by atoms with Gasteiger partial charge in [-0.2, -0.15) is 0 Å². The number of hydrogen-bond donors (Lipinski definition) is 2. The first-order valence-corrected chi connectivity index (χ1v) is 4.89. The van der Waals surface area contributed by atoms with Gasteiger partial charge in [0.05, 0.1) is 11.9 Å². The van der Waals surface area contributed by atoms with Crippen LogP contribution in [0.3, 0.4) is 0 Å². The first-order valence-electron chi connectivity index (χ1n) is 3.24. The lowest BCUT2D eigenvalue weighted by atomic mass is 10.4. The molecule has 0 aliphatic rings. The van der Waals surface area contributed by atoms with Crippen molar-refractivity contribution in [2.75, 3.05) is 12.3 Å². The summed E-state index contributed by atoms with van der Waals surface area (Å²) in [6.45, 7) is 4.85. The van der Waals surface area contributed by atoms with Crippen molar-refractivity contribution in [3.05, 3.63) is 12.7 Å². The van der Waals surface area contributed by atoms with Gasteiger partial charge < -0.3 is 5.11 Å². The molecule has 1 unspecified atom stereocenters. The molecule has 0 aliphatic carbocycles. The van der Waals surface area contributed by atoms with Crippen molar-refractivity contribution in [3.8, 4) is 0 Å². The van der Waals surface area contributed by atoms with E-state index in [-0.39, 0.29) is 12.3 Å². The minimum absolute atomic E-state index is 0.0518. The van der Waals surface area contributed by atoms with Crippen molar-refractivity contribution in [2.45, 2.75) is 13.0 Å². The Bertz CT molecular complexity index is 208. The van der Waals surface area contributed by atoms with Gasteiger partial charge in [-0.1, -0.05) is 6.08 Å². The summed E-state index contributed by atoms with van der Waals surface area (Å²) in [5.74, 6) is -0.111. The molecule has 0 fully saturated rings. The number of hydrogen-bond acceptors (Lipinski definition) is 3. The summed E-state index contributed by atoms with van der Waals surface area (Å²) in [6, 6.07) is 0. The molecular formula is C6H13NO3S. The van der Waals surface area contributed by atoms with E-state index >= 15 is 0 Å². The second kappa shape index (κ2) is 4.48. The van der Waals surface area contributed by atoms with E-state index in [2.05, 4.69) is 11.3 Å². The fraction of sp³-hybridized carbons (Fsp3) is 0.667. The molecule has 0 saturated heterocycles. The van der Waals surface area contributed by atoms with E-state index in [0.717, 1.165) is 0 Å². The zero-order valence-electron chi connectivity index (χ0n) is 6.45. The number of aliphatic hydroxyl groups is 1. The van der Waals surface area contributed by atoms with Gasteiger partial charge in [0.15, 0.2) is 0 Å². The van der Waals surface area contributed by atoms with Crippen molar-refractivity contribution >= 4 is 10.0 Å². The lowest BCUT2D eigenvalue weighted by Gasteiger charge is -2.05. The second-order valence-electron chi connectivity index (χ2n) is 2.27. The van der Waals surface area contributed by atoms with Gasteiger partial charge in [0.1, 0.15) is 0 Å². The molecule has 11 heavy (non-hydrogen) atoms. The van der Waals surface area contributed by atoms with Gasteiger partial charge in [-0.25, -0.2) is 13.1 Å². The Hall–Kier alpha value is -0.390. The molecule has 0 amide bonds. The van der Waals surface area contributed by atoms with E-state index in [0.29, 0.717) is 0 Å². The Labute approximate surface area is 67.0 Å². The fourth-order valence-corrected chi connectivity index (χ4v) is 1.38. The summed E-state index contributed by atoms with van der Waals surface area (Å²) in [4.78, 5) is 0. The van der Waals surface area contributed by atoms with E-state index in [9.17, 15) is 8.42 Å². The maximum absolute atomic E-state index is 10.8. The van der Waals surface area contributed by atoms with Crippen LogP contribution in [-0.4, -0.2) is 31.9 Å². The third-order valence-corrected chi connectivity index (χ3v) is 2.22. The molecule has 0 heterocycles. The molecule has 0 saturated carbocycles. The van der Waals surface area contributed by atoms with E-state index < -0.39 is 16.1 Å². The Balaban J connectivity index is 3.83. The van der Waals surface area contributed by atoms with E-state index in [1.165, 1.54) is 13.0 Å². The van der Waals surface area contributed by atoms with Crippen molar-refractivity contribution in [3.63, 3.8) is 0 Å². The van der Waals surface area contributed by atoms with Crippen LogP contribution in [-0.2, 0) is 10.0 Å². The van der Waals surface area contributed by atoms with E-state index in [4.69, 9.17) is 5.11 Å². The summed E-state index contributed by atoms with van der Waals surface area (Å²) in [7, 11) is -3.25. The van der Waals surface area contributed by atoms with Crippen molar-refractivity contribution in [2.24, 2.45) is 0 Å². The highest BCUT2D eigenvalue weighted by atomic mass is 32.2. The smallest absolute Gasteiger partial charge is 0.215 e. The largest absolute Gasteiger partial charge is 0.392 e.